The molecule has 0 aliphatic carbocycles. The maximum absolute atomic E-state index is 10.7. The molecule has 0 aliphatic heterocycles. The molecule has 0 saturated heterocycles. The van der Waals surface area contributed by atoms with Crippen molar-refractivity contribution in [1.82, 2.24) is 5.43 Å². The van der Waals surface area contributed by atoms with Gasteiger partial charge in [0, 0.05) is 5.56 Å². The van der Waals surface area contributed by atoms with E-state index in [0.717, 1.165) is 0 Å². The number of guanidine groups is 1. The number of carbonyl (C=O) groups is 1. The molecule has 1 rings (SSSR count). The van der Waals surface area contributed by atoms with Crippen LogP contribution in [0.25, 0.3) is 0 Å². The molecule has 74 valence electrons. The van der Waals surface area contributed by atoms with Gasteiger partial charge >= 0.3 is 0 Å². The molecule has 0 radical (unpaired) electrons. The molecular formula is C8H11N5O. The summed E-state index contributed by atoms with van der Waals surface area (Å²) in [6.07, 6.45) is 0. The lowest BCUT2D eigenvalue weighted by Crippen LogP contribution is -2.36. The molecule has 6 heteroatoms. The molecule has 0 aromatic heterocycles. The summed E-state index contributed by atoms with van der Waals surface area (Å²) >= 11 is 0. The average molecular weight is 193 g/mol. The number of hydrogen-bond acceptors (Lipinski definition) is 3. The highest BCUT2D eigenvalue weighted by molar-refractivity contribution is 5.93. The molecule has 7 N–H and O–H groups in total. The average Bonchev–Trinajstić information content (AvgIpc) is 2.18. The van der Waals surface area contributed by atoms with E-state index in [2.05, 4.69) is 10.4 Å². The van der Waals surface area contributed by atoms with Crippen molar-refractivity contribution in [2.45, 2.75) is 0 Å². The summed E-state index contributed by atoms with van der Waals surface area (Å²) in [7, 11) is 0. The van der Waals surface area contributed by atoms with Gasteiger partial charge in [-0.1, -0.05) is 0 Å². The van der Waals surface area contributed by atoms with Crippen LogP contribution in [0.5, 0.6) is 0 Å². The van der Waals surface area contributed by atoms with Crippen LogP contribution in [0.2, 0.25) is 0 Å². The largest absolute Gasteiger partial charge is 0.369 e. The first-order valence-corrected chi connectivity index (χ1v) is 3.84. The second-order valence-electron chi connectivity index (χ2n) is 2.55. The van der Waals surface area contributed by atoms with Gasteiger partial charge in [0.05, 0.1) is 5.69 Å². The highest BCUT2D eigenvalue weighted by Crippen LogP contribution is 2.11. The Labute approximate surface area is 80.8 Å². The monoisotopic (exact) mass is 193 g/mol. The van der Waals surface area contributed by atoms with Crippen LogP contribution in [0.1, 0.15) is 10.4 Å². The number of nitrogens with one attached hydrogen (secondary N) is 1. The number of nitrogens with zero attached hydrogens (tertiary/aromatic N) is 1. The van der Waals surface area contributed by atoms with E-state index < -0.39 is 5.91 Å². The smallest absolute Gasteiger partial charge is 0.248 e. The van der Waals surface area contributed by atoms with Crippen LogP contribution in [-0.4, -0.2) is 11.9 Å². The number of hydrazine groups is 1. The van der Waals surface area contributed by atoms with Gasteiger partial charge in [-0.15, -0.1) is 0 Å². The second-order valence-corrected chi connectivity index (χ2v) is 2.55. The van der Waals surface area contributed by atoms with Gasteiger partial charge in [0.1, 0.15) is 0 Å². The highest BCUT2D eigenvalue weighted by Gasteiger charge is 1.98. The fraction of sp³-hybridized carbons (Fsp3) is 0. The summed E-state index contributed by atoms with van der Waals surface area (Å²) in [6, 6.07) is 6.35. The Morgan fingerprint density at radius 2 is 1.79 bits per heavy atom. The Balaban J connectivity index is 2.89. The molecule has 0 heterocycles. The summed E-state index contributed by atoms with van der Waals surface area (Å²) < 4.78 is 0. The van der Waals surface area contributed by atoms with E-state index in [-0.39, 0.29) is 5.96 Å². The van der Waals surface area contributed by atoms with Crippen molar-refractivity contribution < 1.29 is 4.79 Å². The lowest BCUT2D eigenvalue weighted by atomic mass is 10.2. The SMILES string of the molecule is NNC(N)=Nc1ccc(C(N)=O)cc1. The number of aliphatic imine (C=N–C) groups is 1. The number of primary amides is 1. The Morgan fingerprint density at radius 1 is 1.21 bits per heavy atom. The number of hydrogen-bond donors (Lipinski definition) is 4. The van der Waals surface area contributed by atoms with Crippen LogP contribution < -0.4 is 22.7 Å². The minimum Gasteiger partial charge on any atom is -0.369 e. The molecule has 14 heavy (non-hydrogen) atoms. The summed E-state index contributed by atoms with van der Waals surface area (Å²) in [6.45, 7) is 0. The van der Waals surface area contributed by atoms with Crippen LogP contribution in [0.15, 0.2) is 29.3 Å². The van der Waals surface area contributed by atoms with Crippen molar-refractivity contribution in [2.75, 3.05) is 0 Å². The van der Waals surface area contributed by atoms with E-state index in [1.807, 2.05) is 0 Å². The van der Waals surface area contributed by atoms with E-state index in [9.17, 15) is 4.79 Å². The number of amides is 1. The first-order chi connectivity index (χ1) is 6.63. The number of carbonyl (C=O) groups excluding carboxylic acids is 1. The maximum atomic E-state index is 10.7. The summed E-state index contributed by atoms with van der Waals surface area (Å²) in [5.74, 6) is 4.63. The van der Waals surface area contributed by atoms with Gasteiger partial charge in [0.25, 0.3) is 0 Å². The number of nitrogens with two attached hydrogens (primary N) is 3. The lowest BCUT2D eigenvalue weighted by molar-refractivity contribution is 0.100. The second kappa shape index (κ2) is 4.24. The van der Waals surface area contributed by atoms with Crippen molar-refractivity contribution in [2.24, 2.45) is 22.3 Å². The van der Waals surface area contributed by atoms with Crippen LogP contribution in [-0.2, 0) is 0 Å². The van der Waals surface area contributed by atoms with E-state index in [1.54, 1.807) is 24.3 Å². The molecule has 0 unspecified atom stereocenters. The molecule has 0 bridgehead atoms. The Kier molecular flexibility index (Phi) is 3.03. The first kappa shape index (κ1) is 10.0. The maximum Gasteiger partial charge on any atom is 0.248 e. The van der Waals surface area contributed by atoms with Gasteiger partial charge in [-0.25, -0.2) is 10.8 Å². The third kappa shape index (κ3) is 2.46. The fourth-order valence-electron chi connectivity index (χ4n) is 0.872. The molecule has 1 aromatic rings. The van der Waals surface area contributed by atoms with Crippen molar-refractivity contribution in [3.63, 3.8) is 0 Å². The number of rotatable bonds is 2. The molecule has 1 amide bonds. The van der Waals surface area contributed by atoms with Gasteiger partial charge in [-0.05, 0) is 24.3 Å². The van der Waals surface area contributed by atoms with E-state index in [1.165, 1.54) is 0 Å². The van der Waals surface area contributed by atoms with Crippen molar-refractivity contribution in [3.8, 4) is 0 Å². The minimum atomic E-state index is -0.481. The lowest BCUT2D eigenvalue weighted by Gasteiger charge is -1.99. The molecule has 0 saturated carbocycles. The molecule has 0 spiro atoms. The molecule has 0 fully saturated rings. The minimum absolute atomic E-state index is 0.0943. The highest BCUT2D eigenvalue weighted by atomic mass is 16.1. The first-order valence-electron chi connectivity index (χ1n) is 3.84. The van der Waals surface area contributed by atoms with Crippen molar-refractivity contribution in [3.05, 3.63) is 29.8 Å². The Bertz CT molecular complexity index is 356. The quantitative estimate of drug-likeness (QED) is 0.212. The topological polar surface area (TPSA) is 120 Å². The third-order valence-corrected chi connectivity index (χ3v) is 1.55. The molecule has 1 aromatic carbocycles. The van der Waals surface area contributed by atoms with E-state index >= 15 is 0 Å². The Morgan fingerprint density at radius 3 is 2.21 bits per heavy atom. The van der Waals surface area contributed by atoms with Gasteiger partial charge in [0.15, 0.2) is 0 Å². The normalized spacial score (nSPS) is 11.1. The molecule has 0 aliphatic rings. The zero-order valence-electron chi connectivity index (χ0n) is 7.40. The van der Waals surface area contributed by atoms with Gasteiger partial charge in [-0.2, -0.15) is 0 Å². The van der Waals surface area contributed by atoms with E-state index in [0.29, 0.717) is 11.3 Å². The zero-order chi connectivity index (χ0) is 10.6. The molecule has 0 atom stereocenters. The van der Waals surface area contributed by atoms with Crippen LogP contribution in [0, 0.1) is 0 Å². The predicted octanol–water partition coefficient (Wildman–Crippen LogP) is -0.805. The van der Waals surface area contributed by atoms with Crippen LogP contribution in [0.3, 0.4) is 0 Å². The van der Waals surface area contributed by atoms with Gasteiger partial charge in [-0.3, -0.25) is 10.2 Å². The predicted molar refractivity (Wildman–Crippen MR) is 53.6 cm³/mol. The summed E-state index contributed by atoms with van der Waals surface area (Å²) in [5.41, 5.74) is 13.6. The van der Waals surface area contributed by atoms with Gasteiger partial charge < -0.3 is 11.5 Å². The summed E-state index contributed by atoms with van der Waals surface area (Å²) in [4.78, 5) is 14.6. The fourth-order valence-corrected chi connectivity index (χ4v) is 0.872. The van der Waals surface area contributed by atoms with Crippen molar-refractivity contribution in [1.29, 1.82) is 0 Å². The van der Waals surface area contributed by atoms with Crippen molar-refractivity contribution >= 4 is 17.6 Å². The van der Waals surface area contributed by atoms with Crippen LogP contribution >= 0.6 is 0 Å². The standard InChI is InChI=1S/C8H11N5O/c9-7(14)5-1-3-6(4-2-5)12-8(10)13-11/h1-4H,11H2,(H2,9,14)(H3,10,12,13). The Hall–Kier alpha value is -2.08. The molecular weight excluding hydrogens is 182 g/mol. The third-order valence-electron chi connectivity index (χ3n) is 1.55. The van der Waals surface area contributed by atoms with Gasteiger partial charge in [0.2, 0.25) is 11.9 Å². The number of benzene rings is 1. The summed E-state index contributed by atoms with van der Waals surface area (Å²) in [5, 5.41) is 0. The van der Waals surface area contributed by atoms with Crippen LogP contribution in [0.4, 0.5) is 5.69 Å². The molecule has 6 nitrogen and oxygen atoms in total. The van der Waals surface area contributed by atoms with E-state index in [4.69, 9.17) is 17.3 Å². The zero-order valence-corrected chi connectivity index (χ0v) is 7.40.